The third kappa shape index (κ3) is 4.28. The lowest BCUT2D eigenvalue weighted by molar-refractivity contribution is -0.122. The number of benzene rings is 1. The number of sulfonamides is 1. The van der Waals surface area contributed by atoms with Gasteiger partial charge in [-0.3, -0.25) is 4.79 Å². The first-order valence-corrected chi connectivity index (χ1v) is 8.82. The van der Waals surface area contributed by atoms with Crippen LogP contribution in [0.2, 0.25) is 0 Å². The smallest absolute Gasteiger partial charge is 0.220 e. The molecule has 0 saturated carbocycles. The Morgan fingerprint density at radius 3 is 2.33 bits per heavy atom. The molecule has 1 saturated heterocycles. The van der Waals surface area contributed by atoms with E-state index in [1.807, 2.05) is 31.2 Å². The van der Waals surface area contributed by atoms with Crippen LogP contribution >= 0.6 is 0 Å². The minimum absolute atomic E-state index is 0.108. The van der Waals surface area contributed by atoms with Gasteiger partial charge in [0.15, 0.2) is 0 Å². The second kappa shape index (κ2) is 6.58. The number of hydrogen-bond donors (Lipinski definition) is 1. The molecule has 0 unspecified atom stereocenters. The highest BCUT2D eigenvalue weighted by molar-refractivity contribution is 7.89. The second-order valence-corrected chi connectivity index (χ2v) is 7.72. The van der Waals surface area contributed by atoms with E-state index in [9.17, 15) is 13.2 Å². The first-order chi connectivity index (χ1) is 9.88. The quantitative estimate of drug-likeness (QED) is 0.883. The molecule has 1 aromatic carbocycles. The molecule has 1 aromatic rings. The fourth-order valence-corrected chi connectivity index (χ4v) is 4.07. The number of carbonyl (C=O) groups is 1. The molecule has 1 aliphatic rings. The van der Waals surface area contributed by atoms with Crippen LogP contribution in [-0.4, -0.2) is 37.5 Å². The third-order valence-electron chi connectivity index (χ3n) is 4.02. The minimum Gasteiger partial charge on any atom is -0.369 e. The Balaban J connectivity index is 1.90. The van der Waals surface area contributed by atoms with Gasteiger partial charge < -0.3 is 5.73 Å². The lowest BCUT2D eigenvalue weighted by atomic mass is 9.98. The molecule has 5 nitrogen and oxygen atoms in total. The zero-order valence-corrected chi connectivity index (χ0v) is 13.1. The fraction of sp³-hybridized carbons (Fsp3) is 0.533. The molecule has 0 spiro atoms. The zero-order valence-electron chi connectivity index (χ0n) is 12.3. The summed E-state index contributed by atoms with van der Waals surface area (Å²) >= 11 is 0. The van der Waals surface area contributed by atoms with E-state index in [-0.39, 0.29) is 17.6 Å². The van der Waals surface area contributed by atoms with Crippen LogP contribution in [0.15, 0.2) is 24.3 Å². The van der Waals surface area contributed by atoms with Gasteiger partial charge in [0.05, 0.1) is 5.75 Å². The Kier molecular flexibility index (Phi) is 5.00. The van der Waals surface area contributed by atoms with Crippen LogP contribution in [0.4, 0.5) is 0 Å². The normalized spacial score (nSPS) is 17.8. The van der Waals surface area contributed by atoms with Crippen molar-refractivity contribution in [2.45, 2.75) is 26.2 Å². The molecule has 1 fully saturated rings. The number of rotatable bonds is 5. The number of nitrogens with zero attached hydrogens (tertiary/aromatic N) is 1. The van der Waals surface area contributed by atoms with Gasteiger partial charge in [0, 0.05) is 19.0 Å². The second-order valence-electron chi connectivity index (χ2n) is 5.63. The molecule has 21 heavy (non-hydrogen) atoms. The van der Waals surface area contributed by atoms with Gasteiger partial charge in [0.25, 0.3) is 0 Å². The lowest BCUT2D eigenvalue weighted by Gasteiger charge is -2.29. The van der Waals surface area contributed by atoms with E-state index >= 15 is 0 Å². The molecule has 6 heteroatoms. The summed E-state index contributed by atoms with van der Waals surface area (Å²) in [6, 6.07) is 7.90. The monoisotopic (exact) mass is 310 g/mol. The zero-order chi connectivity index (χ0) is 15.5. The summed E-state index contributed by atoms with van der Waals surface area (Å²) in [5, 5.41) is 0. The molecule has 1 amide bonds. The first-order valence-electron chi connectivity index (χ1n) is 7.21. The van der Waals surface area contributed by atoms with Crippen LogP contribution in [-0.2, 0) is 21.2 Å². The van der Waals surface area contributed by atoms with Crippen molar-refractivity contribution >= 4 is 15.9 Å². The van der Waals surface area contributed by atoms with E-state index in [0.29, 0.717) is 32.4 Å². The SMILES string of the molecule is Cc1ccc(CCS(=O)(=O)N2CCC(C(N)=O)CC2)cc1. The molecule has 0 aromatic heterocycles. The summed E-state index contributed by atoms with van der Waals surface area (Å²) in [6.45, 7) is 2.79. The maximum Gasteiger partial charge on any atom is 0.220 e. The van der Waals surface area contributed by atoms with Crippen molar-refractivity contribution in [1.29, 1.82) is 0 Å². The predicted molar refractivity (Wildman–Crippen MR) is 82.2 cm³/mol. The Labute approximate surface area is 126 Å². The molecule has 0 aliphatic carbocycles. The van der Waals surface area contributed by atoms with E-state index < -0.39 is 10.0 Å². The number of aryl methyl sites for hydroxylation is 2. The molecule has 2 N–H and O–H groups in total. The number of nitrogens with two attached hydrogens (primary N) is 1. The van der Waals surface area contributed by atoms with Crippen molar-refractivity contribution in [1.82, 2.24) is 4.31 Å². The molecule has 0 atom stereocenters. The van der Waals surface area contributed by atoms with Crippen LogP contribution in [0.5, 0.6) is 0 Å². The number of hydrogen-bond acceptors (Lipinski definition) is 3. The van der Waals surface area contributed by atoms with Gasteiger partial charge >= 0.3 is 0 Å². The van der Waals surface area contributed by atoms with E-state index in [1.165, 1.54) is 4.31 Å². The Hall–Kier alpha value is -1.40. The van der Waals surface area contributed by atoms with Crippen LogP contribution < -0.4 is 5.73 Å². The van der Waals surface area contributed by atoms with Crippen molar-refractivity contribution in [3.63, 3.8) is 0 Å². The van der Waals surface area contributed by atoms with Gasteiger partial charge in [0.1, 0.15) is 0 Å². The summed E-state index contributed by atoms with van der Waals surface area (Å²) in [7, 11) is -3.26. The first kappa shape index (κ1) is 16.0. The molecule has 1 aliphatic heterocycles. The van der Waals surface area contributed by atoms with E-state index in [4.69, 9.17) is 5.73 Å². The van der Waals surface area contributed by atoms with Crippen molar-refractivity contribution in [2.24, 2.45) is 11.7 Å². The average molecular weight is 310 g/mol. The van der Waals surface area contributed by atoms with E-state index in [2.05, 4.69) is 0 Å². The lowest BCUT2D eigenvalue weighted by Crippen LogP contribution is -2.42. The summed E-state index contributed by atoms with van der Waals surface area (Å²) in [6.07, 6.45) is 1.57. The molecule has 0 bridgehead atoms. The standard InChI is InChI=1S/C15H22N2O3S/c1-12-2-4-13(5-3-12)8-11-21(19,20)17-9-6-14(7-10-17)15(16)18/h2-5,14H,6-11H2,1H3,(H2,16,18). The maximum atomic E-state index is 12.3. The van der Waals surface area contributed by atoms with Gasteiger partial charge in [-0.1, -0.05) is 29.8 Å². The van der Waals surface area contributed by atoms with Gasteiger partial charge in [-0.05, 0) is 31.7 Å². The number of piperidine rings is 1. The molecule has 0 radical (unpaired) electrons. The maximum absolute atomic E-state index is 12.3. The van der Waals surface area contributed by atoms with Crippen molar-refractivity contribution < 1.29 is 13.2 Å². The van der Waals surface area contributed by atoms with E-state index in [1.54, 1.807) is 0 Å². The number of amides is 1. The molecule has 2 rings (SSSR count). The molecular formula is C15H22N2O3S. The van der Waals surface area contributed by atoms with Crippen molar-refractivity contribution in [3.05, 3.63) is 35.4 Å². The summed E-state index contributed by atoms with van der Waals surface area (Å²) in [4.78, 5) is 11.1. The summed E-state index contributed by atoms with van der Waals surface area (Å²) in [5.41, 5.74) is 7.45. The van der Waals surface area contributed by atoms with Crippen LogP contribution in [0, 0.1) is 12.8 Å². The number of carbonyl (C=O) groups excluding carboxylic acids is 1. The Bertz CT molecular complexity index is 588. The fourth-order valence-electron chi connectivity index (χ4n) is 2.55. The summed E-state index contributed by atoms with van der Waals surface area (Å²) in [5.74, 6) is -0.405. The molecule has 1 heterocycles. The van der Waals surface area contributed by atoms with Crippen LogP contribution in [0.3, 0.4) is 0 Å². The average Bonchev–Trinajstić information content (AvgIpc) is 2.47. The minimum atomic E-state index is -3.26. The summed E-state index contributed by atoms with van der Waals surface area (Å²) < 4.78 is 26.1. The topological polar surface area (TPSA) is 80.5 Å². The highest BCUT2D eigenvalue weighted by atomic mass is 32.2. The highest BCUT2D eigenvalue weighted by Gasteiger charge is 2.29. The van der Waals surface area contributed by atoms with Crippen LogP contribution in [0.1, 0.15) is 24.0 Å². The highest BCUT2D eigenvalue weighted by Crippen LogP contribution is 2.20. The van der Waals surface area contributed by atoms with Crippen molar-refractivity contribution in [2.75, 3.05) is 18.8 Å². The molecular weight excluding hydrogens is 288 g/mol. The van der Waals surface area contributed by atoms with Gasteiger partial charge in [0.2, 0.25) is 15.9 Å². The largest absolute Gasteiger partial charge is 0.369 e. The van der Waals surface area contributed by atoms with Gasteiger partial charge in [-0.15, -0.1) is 0 Å². The van der Waals surface area contributed by atoms with Gasteiger partial charge in [-0.25, -0.2) is 12.7 Å². The molecule has 116 valence electrons. The Morgan fingerprint density at radius 1 is 1.24 bits per heavy atom. The third-order valence-corrected chi connectivity index (χ3v) is 5.89. The van der Waals surface area contributed by atoms with Gasteiger partial charge in [-0.2, -0.15) is 0 Å². The Morgan fingerprint density at radius 2 is 1.81 bits per heavy atom. The van der Waals surface area contributed by atoms with Crippen molar-refractivity contribution in [3.8, 4) is 0 Å². The number of primary amides is 1. The van der Waals surface area contributed by atoms with Crippen LogP contribution in [0.25, 0.3) is 0 Å². The van der Waals surface area contributed by atoms with E-state index in [0.717, 1.165) is 11.1 Å². The predicted octanol–water partition coefficient (Wildman–Crippen LogP) is 1.06.